The molecule has 0 aliphatic carbocycles. The van der Waals surface area contributed by atoms with Crippen LogP contribution in [0.5, 0.6) is 6.01 Å². The van der Waals surface area contributed by atoms with Crippen LogP contribution in [0.1, 0.15) is 12.5 Å². The summed E-state index contributed by atoms with van der Waals surface area (Å²) in [5.41, 5.74) is 1.27. The van der Waals surface area contributed by atoms with Crippen LogP contribution in [-0.4, -0.2) is 35.2 Å². The van der Waals surface area contributed by atoms with Crippen LogP contribution in [0, 0.1) is 0 Å². The molecule has 0 bridgehead atoms. The van der Waals surface area contributed by atoms with Gasteiger partial charge in [0.05, 0.1) is 6.61 Å². The van der Waals surface area contributed by atoms with Gasteiger partial charge in [-0.3, -0.25) is 0 Å². The molecule has 5 nitrogen and oxygen atoms in total. The summed E-state index contributed by atoms with van der Waals surface area (Å²) in [7, 11) is 1.92. The molecule has 0 amide bonds. The average Bonchev–Trinajstić information content (AvgIpc) is 2.45. The average molecular weight is 293 g/mol. The summed E-state index contributed by atoms with van der Waals surface area (Å²) >= 11 is 5.88. The predicted molar refractivity (Wildman–Crippen MR) is 79.4 cm³/mol. The Hall–Kier alpha value is -1.88. The lowest BCUT2D eigenvalue weighted by Crippen LogP contribution is -2.23. The van der Waals surface area contributed by atoms with Gasteiger partial charge in [-0.05, 0) is 30.5 Å². The number of hydrogen-bond acceptors (Lipinski definition) is 5. The van der Waals surface area contributed by atoms with Crippen molar-refractivity contribution < 1.29 is 4.74 Å². The van der Waals surface area contributed by atoms with E-state index in [1.807, 2.05) is 37.1 Å². The highest BCUT2D eigenvalue weighted by Gasteiger charge is 2.10. The van der Waals surface area contributed by atoms with Crippen molar-refractivity contribution in [1.29, 1.82) is 0 Å². The summed E-state index contributed by atoms with van der Waals surface area (Å²) in [6.45, 7) is 3.15. The third kappa shape index (κ3) is 4.06. The maximum absolute atomic E-state index is 5.88. The summed E-state index contributed by atoms with van der Waals surface area (Å²) in [6.07, 6.45) is 0.907. The van der Waals surface area contributed by atoms with Gasteiger partial charge in [0.2, 0.25) is 11.2 Å². The molecule has 106 valence electrons. The van der Waals surface area contributed by atoms with E-state index in [2.05, 4.69) is 27.1 Å². The SMILES string of the molecule is CCOc1nc(Cl)nc(N(C)CCc2ccccc2)n1. The summed E-state index contributed by atoms with van der Waals surface area (Å²) in [5, 5.41) is 0.144. The first-order valence-corrected chi connectivity index (χ1v) is 6.86. The second-order valence-electron chi connectivity index (χ2n) is 4.28. The number of rotatable bonds is 6. The van der Waals surface area contributed by atoms with E-state index in [9.17, 15) is 0 Å². The molecule has 0 unspecified atom stereocenters. The minimum Gasteiger partial charge on any atom is -0.464 e. The Kier molecular flexibility index (Phi) is 5.12. The third-order valence-corrected chi connectivity index (χ3v) is 2.94. The zero-order chi connectivity index (χ0) is 14.4. The first-order chi connectivity index (χ1) is 9.69. The summed E-state index contributed by atoms with van der Waals surface area (Å²) in [5.74, 6) is 0.518. The van der Waals surface area contributed by atoms with Gasteiger partial charge in [0.15, 0.2) is 0 Å². The van der Waals surface area contributed by atoms with Gasteiger partial charge in [0.25, 0.3) is 0 Å². The second-order valence-corrected chi connectivity index (χ2v) is 4.62. The standard InChI is InChI=1S/C14H17ClN4O/c1-3-20-14-17-12(15)16-13(18-14)19(2)10-9-11-7-5-4-6-8-11/h4-8H,3,9-10H2,1-2H3. The van der Waals surface area contributed by atoms with Crippen LogP contribution in [-0.2, 0) is 6.42 Å². The molecule has 0 saturated carbocycles. The van der Waals surface area contributed by atoms with Gasteiger partial charge >= 0.3 is 6.01 Å². The first kappa shape index (κ1) is 14.5. The highest BCUT2D eigenvalue weighted by atomic mass is 35.5. The molecule has 0 fully saturated rings. The molecular weight excluding hydrogens is 276 g/mol. The highest BCUT2D eigenvalue weighted by Crippen LogP contribution is 2.14. The molecule has 20 heavy (non-hydrogen) atoms. The minimum absolute atomic E-state index is 0.144. The first-order valence-electron chi connectivity index (χ1n) is 6.48. The van der Waals surface area contributed by atoms with Crippen LogP contribution in [0.2, 0.25) is 5.28 Å². The largest absolute Gasteiger partial charge is 0.464 e. The lowest BCUT2D eigenvalue weighted by molar-refractivity contribution is 0.311. The smallest absolute Gasteiger partial charge is 0.322 e. The number of ether oxygens (including phenoxy) is 1. The van der Waals surface area contributed by atoms with Crippen LogP contribution >= 0.6 is 11.6 Å². The Morgan fingerprint density at radius 1 is 1.15 bits per heavy atom. The third-order valence-electron chi connectivity index (χ3n) is 2.77. The fourth-order valence-corrected chi connectivity index (χ4v) is 1.88. The molecule has 1 aromatic heterocycles. The van der Waals surface area contributed by atoms with Crippen molar-refractivity contribution in [2.24, 2.45) is 0 Å². The number of halogens is 1. The second kappa shape index (κ2) is 7.05. The zero-order valence-electron chi connectivity index (χ0n) is 11.6. The number of hydrogen-bond donors (Lipinski definition) is 0. The van der Waals surface area contributed by atoms with E-state index in [4.69, 9.17) is 16.3 Å². The lowest BCUT2D eigenvalue weighted by atomic mass is 10.1. The number of likely N-dealkylation sites (N-methyl/N-ethyl adjacent to an activating group) is 1. The van der Waals surface area contributed by atoms with Crippen molar-refractivity contribution in [3.8, 4) is 6.01 Å². The van der Waals surface area contributed by atoms with E-state index in [-0.39, 0.29) is 11.3 Å². The Balaban J connectivity index is 2.03. The topological polar surface area (TPSA) is 51.1 Å². The van der Waals surface area contributed by atoms with Gasteiger partial charge in [0, 0.05) is 13.6 Å². The highest BCUT2D eigenvalue weighted by molar-refractivity contribution is 6.28. The molecule has 0 aliphatic rings. The van der Waals surface area contributed by atoms with Gasteiger partial charge in [-0.25, -0.2) is 0 Å². The predicted octanol–water partition coefficient (Wildman–Crippen LogP) is 2.60. The monoisotopic (exact) mass is 292 g/mol. The molecule has 0 atom stereocenters. The zero-order valence-corrected chi connectivity index (χ0v) is 12.3. The molecule has 0 N–H and O–H groups in total. The van der Waals surface area contributed by atoms with Gasteiger partial charge in [-0.1, -0.05) is 30.3 Å². The van der Waals surface area contributed by atoms with Gasteiger partial charge in [-0.2, -0.15) is 15.0 Å². The van der Waals surface area contributed by atoms with Crippen molar-refractivity contribution in [2.75, 3.05) is 25.1 Å². The number of aromatic nitrogens is 3. The fourth-order valence-electron chi connectivity index (χ4n) is 1.73. The van der Waals surface area contributed by atoms with E-state index in [0.29, 0.717) is 12.6 Å². The van der Waals surface area contributed by atoms with Gasteiger partial charge < -0.3 is 9.64 Å². The number of anilines is 1. The molecule has 1 heterocycles. The molecule has 6 heteroatoms. The van der Waals surface area contributed by atoms with E-state index in [1.165, 1.54) is 5.56 Å². The van der Waals surface area contributed by atoms with Gasteiger partial charge in [-0.15, -0.1) is 0 Å². The minimum atomic E-state index is 0.144. The van der Waals surface area contributed by atoms with E-state index in [1.54, 1.807) is 0 Å². The van der Waals surface area contributed by atoms with Crippen molar-refractivity contribution in [2.45, 2.75) is 13.3 Å². The van der Waals surface area contributed by atoms with Crippen LogP contribution in [0.3, 0.4) is 0 Å². The summed E-state index contributed by atoms with van der Waals surface area (Å²) in [6, 6.07) is 10.5. The van der Waals surface area contributed by atoms with Crippen molar-refractivity contribution in [3.05, 3.63) is 41.2 Å². The van der Waals surface area contributed by atoms with E-state index in [0.717, 1.165) is 13.0 Å². The maximum atomic E-state index is 5.88. The van der Waals surface area contributed by atoms with Crippen LogP contribution < -0.4 is 9.64 Å². The molecule has 0 saturated heterocycles. The van der Waals surface area contributed by atoms with E-state index < -0.39 is 0 Å². The van der Waals surface area contributed by atoms with E-state index >= 15 is 0 Å². The van der Waals surface area contributed by atoms with Crippen molar-refractivity contribution in [3.63, 3.8) is 0 Å². The van der Waals surface area contributed by atoms with Crippen LogP contribution in [0.4, 0.5) is 5.95 Å². The molecule has 2 aromatic rings. The Morgan fingerprint density at radius 2 is 1.90 bits per heavy atom. The molecule has 0 spiro atoms. The molecule has 0 aliphatic heterocycles. The fraction of sp³-hybridized carbons (Fsp3) is 0.357. The Morgan fingerprint density at radius 3 is 2.60 bits per heavy atom. The lowest BCUT2D eigenvalue weighted by Gasteiger charge is -2.17. The number of nitrogens with zero attached hydrogens (tertiary/aromatic N) is 4. The summed E-state index contributed by atoms with van der Waals surface area (Å²) in [4.78, 5) is 14.2. The number of benzene rings is 1. The molecule has 0 radical (unpaired) electrons. The molecular formula is C14H17ClN4O. The molecule has 1 aromatic carbocycles. The molecule has 2 rings (SSSR count). The van der Waals surface area contributed by atoms with Gasteiger partial charge in [0.1, 0.15) is 0 Å². The maximum Gasteiger partial charge on any atom is 0.322 e. The quantitative estimate of drug-likeness (QED) is 0.819. The Labute approximate surface area is 123 Å². The van der Waals surface area contributed by atoms with Crippen LogP contribution in [0.25, 0.3) is 0 Å². The van der Waals surface area contributed by atoms with Crippen molar-refractivity contribution in [1.82, 2.24) is 15.0 Å². The Bertz CT molecular complexity index is 550. The van der Waals surface area contributed by atoms with Crippen LogP contribution in [0.15, 0.2) is 30.3 Å². The normalized spacial score (nSPS) is 10.3. The summed E-state index contributed by atoms with van der Waals surface area (Å²) < 4.78 is 5.27. The van der Waals surface area contributed by atoms with Crippen molar-refractivity contribution >= 4 is 17.5 Å².